The number of para-hydroxylation sites is 1. The summed E-state index contributed by atoms with van der Waals surface area (Å²) in [5, 5.41) is 8.75. The molecular formula is C17H16O4. The van der Waals surface area contributed by atoms with Crippen molar-refractivity contribution in [2.24, 2.45) is 0 Å². The molecule has 0 saturated carbocycles. The summed E-state index contributed by atoms with van der Waals surface area (Å²) in [6, 6.07) is 17.9. The van der Waals surface area contributed by atoms with E-state index in [1.807, 2.05) is 24.3 Å². The van der Waals surface area contributed by atoms with E-state index in [-0.39, 0.29) is 13.2 Å². The van der Waals surface area contributed by atoms with Crippen LogP contribution in [0.4, 0.5) is 0 Å². The second-order valence-corrected chi connectivity index (χ2v) is 4.19. The Bertz CT molecular complexity index is 591. The first-order valence-electron chi connectivity index (χ1n) is 6.56. The van der Waals surface area contributed by atoms with Crippen molar-refractivity contribution < 1.29 is 19.4 Å². The highest BCUT2D eigenvalue weighted by Crippen LogP contribution is 2.18. The van der Waals surface area contributed by atoms with Crippen molar-refractivity contribution in [2.45, 2.75) is 0 Å². The molecule has 0 radical (unpaired) electrons. The lowest BCUT2D eigenvalue weighted by atomic mass is 10.1. The average Bonchev–Trinajstić information content (AvgIpc) is 2.53. The lowest BCUT2D eigenvalue weighted by Crippen LogP contribution is -2.11. The summed E-state index contributed by atoms with van der Waals surface area (Å²) in [5.74, 6) is -0.0446. The van der Waals surface area contributed by atoms with Gasteiger partial charge in [-0.1, -0.05) is 48.5 Å². The van der Waals surface area contributed by atoms with Gasteiger partial charge in [0.25, 0.3) is 0 Å². The lowest BCUT2D eigenvalue weighted by molar-refractivity contribution is -0.128. The molecule has 2 aromatic carbocycles. The van der Waals surface area contributed by atoms with Crippen molar-refractivity contribution in [1.82, 2.24) is 0 Å². The van der Waals surface area contributed by atoms with E-state index in [2.05, 4.69) is 0 Å². The van der Waals surface area contributed by atoms with Crippen LogP contribution < -0.4 is 4.74 Å². The summed E-state index contributed by atoms with van der Waals surface area (Å²) >= 11 is 0. The SMILES string of the molecule is O=C(Oc1ccccc1)C(=COCCO)c1ccccc1. The van der Waals surface area contributed by atoms with Crippen molar-refractivity contribution >= 4 is 11.5 Å². The monoisotopic (exact) mass is 284 g/mol. The largest absolute Gasteiger partial charge is 0.498 e. The fourth-order valence-electron chi connectivity index (χ4n) is 1.70. The van der Waals surface area contributed by atoms with E-state index in [0.29, 0.717) is 16.9 Å². The summed E-state index contributed by atoms with van der Waals surface area (Å²) in [7, 11) is 0. The minimum Gasteiger partial charge on any atom is -0.498 e. The van der Waals surface area contributed by atoms with Crippen LogP contribution in [-0.4, -0.2) is 24.3 Å². The first-order valence-corrected chi connectivity index (χ1v) is 6.56. The molecule has 108 valence electrons. The Morgan fingerprint density at radius 3 is 2.24 bits per heavy atom. The number of hydrogen-bond acceptors (Lipinski definition) is 4. The molecule has 0 aromatic heterocycles. The Morgan fingerprint density at radius 1 is 1.00 bits per heavy atom. The van der Waals surface area contributed by atoms with Gasteiger partial charge in [0.05, 0.1) is 12.9 Å². The predicted molar refractivity (Wildman–Crippen MR) is 79.5 cm³/mol. The van der Waals surface area contributed by atoms with Crippen molar-refractivity contribution in [3.8, 4) is 5.75 Å². The molecule has 0 bridgehead atoms. The van der Waals surface area contributed by atoms with Gasteiger partial charge in [-0.2, -0.15) is 0 Å². The van der Waals surface area contributed by atoms with Gasteiger partial charge in [-0.05, 0) is 17.7 Å². The van der Waals surface area contributed by atoms with Crippen LogP contribution in [0.2, 0.25) is 0 Å². The van der Waals surface area contributed by atoms with Gasteiger partial charge in [-0.3, -0.25) is 0 Å². The summed E-state index contributed by atoms with van der Waals surface area (Å²) < 4.78 is 10.5. The van der Waals surface area contributed by atoms with Crippen molar-refractivity contribution in [1.29, 1.82) is 0 Å². The molecule has 0 unspecified atom stereocenters. The van der Waals surface area contributed by atoms with Gasteiger partial charge in [0.15, 0.2) is 0 Å². The zero-order valence-corrected chi connectivity index (χ0v) is 11.4. The first kappa shape index (κ1) is 14.8. The maximum absolute atomic E-state index is 12.3. The number of carbonyl (C=O) groups excluding carboxylic acids is 1. The van der Waals surface area contributed by atoms with E-state index in [1.165, 1.54) is 6.26 Å². The third-order valence-electron chi connectivity index (χ3n) is 2.67. The van der Waals surface area contributed by atoms with Gasteiger partial charge in [-0.25, -0.2) is 4.79 Å². The summed E-state index contributed by atoms with van der Waals surface area (Å²) in [5.41, 5.74) is 0.990. The summed E-state index contributed by atoms with van der Waals surface area (Å²) in [6.45, 7) is 0.00124. The van der Waals surface area contributed by atoms with E-state index in [9.17, 15) is 4.79 Å². The Kier molecular flexibility index (Phi) is 5.55. The number of hydrogen-bond donors (Lipinski definition) is 1. The number of ether oxygens (including phenoxy) is 2. The fraction of sp³-hybridized carbons (Fsp3) is 0.118. The van der Waals surface area contributed by atoms with Gasteiger partial charge in [0.2, 0.25) is 0 Å². The molecule has 4 heteroatoms. The predicted octanol–water partition coefficient (Wildman–Crippen LogP) is 2.64. The molecular weight excluding hydrogens is 268 g/mol. The Balaban J connectivity index is 2.19. The van der Waals surface area contributed by atoms with E-state index in [1.54, 1.807) is 36.4 Å². The molecule has 0 fully saturated rings. The van der Waals surface area contributed by atoms with Crippen LogP contribution in [0.25, 0.3) is 5.57 Å². The van der Waals surface area contributed by atoms with Crippen molar-refractivity contribution in [3.05, 3.63) is 72.5 Å². The molecule has 1 N–H and O–H groups in total. The number of carbonyl (C=O) groups is 1. The Morgan fingerprint density at radius 2 is 1.62 bits per heavy atom. The molecule has 0 aliphatic carbocycles. The highest BCUT2D eigenvalue weighted by atomic mass is 16.5. The quantitative estimate of drug-likeness (QED) is 0.291. The summed E-state index contributed by atoms with van der Waals surface area (Å²) in [6.07, 6.45) is 1.32. The molecule has 21 heavy (non-hydrogen) atoms. The van der Waals surface area contributed by atoms with Crippen LogP contribution in [0.1, 0.15) is 5.56 Å². The number of rotatable bonds is 6. The molecule has 2 rings (SSSR count). The molecule has 0 amide bonds. The van der Waals surface area contributed by atoms with Crippen LogP contribution in [0, 0.1) is 0 Å². The Hall–Kier alpha value is -2.59. The number of aliphatic hydroxyl groups excluding tert-OH is 1. The van der Waals surface area contributed by atoms with Crippen molar-refractivity contribution in [3.63, 3.8) is 0 Å². The normalized spacial score (nSPS) is 11.0. The van der Waals surface area contributed by atoms with Gasteiger partial charge < -0.3 is 14.6 Å². The standard InChI is InChI=1S/C17H16O4/c18-11-12-20-13-16(14-7-3-1-4-8-14)17(19)21-15-9-5-2-6-10-15/h1-10,13,18H,11-12H2. The smallest absolute Gasteiger partial charge is 0.347 e. The Labute approximate surface area is 123 Å². The number of aliphatic hydroxyl groups is 1. The molecule has 2 aromatic rings. The van der Waals surface area contributed by atoms with E-state index >= 15 is 0 Å². The maximum Gasteiger partial charge on any atom is 0.347 e. The molecule has 0 aliphatic heterocycles. The zero-order valence-electron chi connectivity index (χ0n) is 11.4. The highest BCUT2D eigenvalue weighted by Gasteiger charge is 2.15. The minimum atomic E-state index is -0.509. The highest BCUT2D eigenvalue weighted by molar-refractivity contribution is 6.16. The van der Waals surface area contributed by atoms with Crippen LogP contribution >= 0.6 is 0 Å². The average molecular weight is 284 g/mol. The molecule has 0 atom stereocenters. The van der Waals surface area contributed by atoms with Crippen LogP contribution in [0.5, 0.6) is 5.75 Å². The second kappa shape index (κ2) is 7.87. The van der Waals surface area contributed by atoms with Gasteiger partial charge in [0, 0.05) is 0 Å². The molecule has 0 heterocycles. The number of esters is 1. The summed E-state index contributed by atoms with van der Waals surface area (Å²) in [4.78, 5) is 12.3. The molecule has 0 spiro atoms. The van der Waals surface area contributed by atoms with Gasteiger partial charge in [0.1, 0.15) is 17.9 Å². The maximum atomic E-state index is 12.3. The van der Waals surface area contributed by atoms with Gasteiger partial charge >= 0.3 is 5.97 Å². The lowest BCUT2D eigenvalue weighted by Gasteiger charge is -2.08. The van der Waals surface area contributed by atoms with Crippen LogP contribution in [-0.2, 0) is 9.53 Å². The number of benzene rings is 2. The third kappa shape index (κ3) is 4.47. The molecule has 0 aliphatic rings. The minimum absolute atomic E-state index is 0.119. The molecule has 4 nitrogen and oxygen atoms in total. The molecule has 0 saturated heterocycles. The van der Waals surface area contributed by atoms with E-state index in [0.717, 1.165) is 0 Å². The zero-order chi connectivity index (χ0) is 14.9. The van der Waals surface area contributed by atoms with Crippen molar-refractivity contribution in [2.75, 3.05) is 13.2 Å². The van der Waals surface area contributed by atoms with E-state index in [4.69, 9.17) is 14.6 Å². The van der Waals surface area contributed by atoms with Crippen LogP contribution in [0.15, 0.2) is 66.9 Å². The first-order chi connectivity index (χ1) is 10.3. The van der Waals surface area contributed by atoms with E-state index < -0.39 is 5.97 Å². The van der Waals surface area contributed by atoms with Gasteiger partial charge in [-0.15, -0.1) is 0 Å². The second-order valence-electron chi connectivity index (χ2n) is 4.19. The fourth-order valence-corrected chi connectivity index (χ4v) is 1.70. The topological polar surface area (TPSA) is 55.8 Å². The third-order valence-corrected chi connectivity index (χ3v) is 2.67. The van der Waals surface area contributed by atoms with Crippen LogP contribution in [0.3, 0.4) is 0 Å².